The van der Waals surface area contributed by atoms with Crippen LogP contribution in [0.5, 0.6) is 0 Å². The SMILES string of the molecule is Cl.Nc1ccccc1C(=O)Nc1ccc(N2CCN3CCC2CC3)cc1. The molecule has 3 saturated heterocycles. The standard InChI is InChI=1S/C20H24N4O.ClH/c21-19-4-2-1-3-18(19)20(25)22-15-5-7-16(8-6-15)24-14-13-23-11-9-17(24)10-12-23;/h1-8,17H,9-14,21H2,(H,22,25);1H. The summed E-state index contributed by atoms with van der Waals surface area (Å²) in [5.41, 5.74) is 8.91. The minimum Gasteiger partial charge on any atom is -0.398 e. The van der Waals surface area contributed by atoms with E-state index in [1.807, 2.05) is 24.3 Å². The third-order valence-electron chi connectivity index (χ3n) is 5.32. The van der Waals surface area contributed by atoms with Crippen molar-refractivity contribution in [1.82, 2.24) is 4.90 Å². The van der Waals surface area contributed by atoms with E-state index in [9.17, 15) is 4.79 Å². The Morgan fingerprint density at radius 2 is 1.65 bits per heavy atom. The fraction of sp³-hybridized carbons (Fsp3) is 0.350. The van der Waals surface area contributed by atoms with E-state index in [0.717, 1.165) is 18.8 Å². The minimum atomic E-state index is -0.174. The first-order valence-electron chi connectivity index (χ1n) is 8.95. The molecule has 3 fully saturated rings. The number of carbonyl (C=O) groups excluding carboxylic acids is 1. The van der Waals surface area contributed by atoms with Crippen LogP contribution in [-0.4, -0.2) is 43.0 Å². The largest absolute Gasteiger partial charge is 0.398 e. The zero-order chi connectivity index (χ0) is 17.2. The number of nitrogens with two attached hydrogens (primary N) is 1. The number of nitrogens with zero attached hydrogens (tertiary/aromatic N) is 2. The Kier molecular flexibility index (Phi) is 5.69. The molecule has 2 aromatic rings. The molecular weight excluding hydrogens is 348 g/mol. The lowest BCUT2D eigenvalue weighted by Crippen LogP contribution is -2.37. The van der Waals surface area contributed by atoms with Crippen molar-refractivity contribution < 1.29 is 4.79 Å². The van der Waals surface area contributed by atoms with Gasteiger partial charge in [-0.1, -0.05) is 12.1 Å². The number of piperidine rings is 1. The molecule has 0 aliphatic carbocycles. The Hall–Kier alpha value is -2.24. The maximum absolute atomic E-state index is 12.4. The average molecular weight is 373 g/mol. The number of nitrogen functional groups attached to an aromatic ring is 1. The number of rotatable bonds is 3. The quantitative estimate of drug-likeness (QED) is 0.812. The maximum atomic E-state index is 12.4. The first kappa shape index (κ1) is 18.5. The van der Waals surface area contributed by atoms with E-state index >= 15 is 0 Å². The highest BCUT2D eigenvalue weighted by Crippen LogP contribution is 2.28. The normalized spacial score (nSPS) is 21.6. The van der Waals surface area contributed by atoms with Crippen molar-refractivity contribution in [3.05, 3.63) is 54.1 Å². The molecular formula is C20H25ClN4O. The third-order valence-corrected chi connectivity index (χ3v) is 5.32. The summed E-state index contributed by atoms with van der Waals surface area (Å²) in [7, 11) is 0. The lowest BCUT2D eigenvalue weighted by atomic mass is 10.0. The first-order valence-corrected chi connectivity index (χ1v) is 8.95. The molecule has 0 radical (unpaired) electrons. The van der Waals surface area contributed by atoms with Crippen LogP contribution < -0.4 is 16.0 Å². The van der Waals surface area contributed by atoms with Gasteiger partial charge in [-0.3, -0.25) is 4.79 Å². The summed E-state index contributed by atoms with van der Waals surface area (Å²) >= 11 is 0. The van der Waals surface area contributed by atoms with Gasteiger partial charge in [-0.2, -0.15) is 0 Å². The minimum absolute atomic E-state index is 0. The number of anilines is 3. The van der Waals surface area contributed by atoms with E-state index < -0.39 is 0 Å². The first-order chi connectivity index (χ1) is 12.2. The molecule has 3 aliphatic rings. The number of hydrogen-bond acceptors (Lipinski definition) is 4. The van der Waals surface area contributed by atoms with E-state index in [-0.39, 0.29) is 18.3 Å². The van der Waals surface area contributed by atoms with Crippen LogP contribution in [0.15, 0.2) is 48.5 Å². The number of carbonyl (C=O) groups is 1. The van der Waals surface area contributed by atoms with Gasteiger partial charge in [0.25, 0.3) is 5.91 Å². The summed E-state index contributed by atoms with van der Waals surface area (Å²) in [5, 5.41) is 2.93. The van der Waals surface area contributed by atoms with Crippen molar-refractivity contribution in [3.8, 4) is 0 Å². The average Bonchev–Trinajstić information content (AvgIpc) is 2.97. The van der Waals surface area contributed by atoms with Crippen LogP contribution in [0.2, 0.25) is 0 Å². The fourth-order valence-corrected chi connectivity index (χ4v) is 3.86. The van der Waals surface area contributed by atoms with Crippen molar-refractivity contribution in [2.24, 2.45) is 0 Å². The van der Waals surface area contributed by atoms with Gasteiger partial charge in [-0.05, 0) is 49.2 Å². The van der Waals surface area contributed by atoms with Crippen molar-refractivity contribution >= 4 is 35.4 Å². The molecule has 3 heterocycles. The van der Waals surface area contributed by atoms with Crippen LogP contribution in [0.4, 0.5) is 17.1 Å². The maximum Gasteiger partial charge on any atom is 0.257 e. The van der Waals surface area contributed by atoms with Gasteiger partial charge in [0.1, 0.15) is 0 Å². The molecule has 0 atom stereocenters. The van der Waals surface area contributed by atoms with Gasteiger partial charge >= 0.3 is 0 Å². The fourth-order valence-electron chi connectivity index (χ4n) is 3.86. The molecule has 2 bridgehead atoms. The lowest BCUT2D eigenvalue weighted by molar-refractivity contribution is 0.102. The van der Waals surface area contributed by atoms with Crippen LogP contribution in [0.1, 0.15) is 23.2 Å². The van der Waals surface area contributed by atoms with Crippen LogP contribution >= 0.6 is 12.4 Å². The number of fused-ring (bicyclic) bond motifs is 4. The number of benzene rings is 2. The molecule has 0 aromatic heterocycles. The summed E-state index contributed by atoms with van der Waals surface area (Å²) in [6, 6.07) is 15.9. The second kappa shape index (κ2) is 7.98. The number of halogens is 1. The van der Waals surface area contributed by atoms with Crippen molar-refractivity contribution in [1.29, 1.82) is 0 Å². The zero-order valence-corrected chi connectivity index (χ0v) is 15.5. The smallest absolute Gasteiger partial charge is 0.257 e. The Bertz CT molecular complexity index is 757. The molecule has 138 valence electrons. The number of hydrogen-bond donors (Lipinski definition) is 2. The predicted octanol–water partition coefficient (Wildman–Crippen LogP) is 3.23. The third kappa shape index (κ3) is 3.79. The summed E-state index contributed by atoms with van der Waals surface area (Å²) in [6.45, 7) is 4.65. The van der Waals surface area contributed by atoms with Gasteiger partial charge in [0.15, 0.2) is 0 Å². The van der Waals surface area contributed by atoms with Crippen LogP contribution in [-0.2, 0) is 0 Å². The van der Waals surface area contributed by atoms with E-state index in [0.29, 0.717) is 17.3 Å². The second-order valence-electron chi connectivity index (χ2n) is 6.85. The molecule has 5 nitrogen and oxygen atoms in total. The number of para-hydroxylation sites is 1. The Morgan fingerprint density at radius 1 is 0.962 bits per heavy atom. The summed E-state index contributed by atoms with van der Waals surface area (Å²) in [6.07, 6.45) is 2.48. The Balaban J connectivity index is 0.00000196. The highest BCUT2D eigenvalue weighted by atomic mass is 35.5. The molecule has 2 aromatic carbocycles. The number of amides is 1. The van der Waals surface area contributed by atoms with Gasteiger partial charge in [0, 0.05) is 49.3 Å². The van der Waals surface area contributed by atoms with Gasteiger partial charge < -0.3 is 20.9 Å². The molecule has 0 unspecified atom stereocenters. The van der Waals surface area contributed by atoms with Crippen molar-refractivity contribution in [2.75, 3.05) is 42.1 Å². The van der Waals surface area contributed by atoms with Crippen molar-refractivity contribution in [2.45, 2.75) is 18.9 Å². The lowest BCUT2D eigenvalue weighted by Gasteiger charge is -2.33. The summed E-state index contributed by atoms with van der Waals surface area (Å²) in [5.74, 6) is -0.174. The molecule has 6 heteroatoms. The molecule has 1 amide bonds. The predicted molar refractivity (Wildman–Crippen MR) is 109 cm³/mol. The molecule has 0 saturated carbocycles. The Morgan fingerprint density at radius 3 is 2.35 bits per heavy atom. The van der Waals surface area contributed by atoms with Crippen LogP contribution in [0, 0.1) is 0 Å². The van der Waals surface area contributed by atoms with E-state index in [1.54, 1.807) is 12.1 Å². The number of nitrogens with one attached hydrogen (secondary N) is 1. The topological polar surface area (TPSA) is 61.6 Å². The summed E-state index contributed by atoms with van der Waals surface area (Å²) < 4.78 is 0. The van der Waals surface area contributed by atoms with Gasteiger partial charge in [0.05, 0.1) is 5.56 Å². The highest BCUT2D eigenvalue weighted by molar-refractivity contribution is 6.07. The van der Waals surface area contributed by atoms with Gasteiger partial charge in [-0.25, -0.2) is 0 Å². The molecule has 3 N–H and O–H groups in total. The molecule has 3 aliphatic heterocycles. The van der Waals surface area contributed by atoms with Gasteiger partial charge in [0.2, 0.25) is 0 Å². The highest BCUT2D eigenvalue weighted by Gasteiger charge is 2.28. The van der Waals surface area contributed by atoms with E-state index in [4.69, 9.17) is 5.73 Å². The monoisotopic (exact) mass is 372 g/mol. The van der Waals surface area contributed by atoms with Crippen LogP contribution in [0.3, 0.4) is 0 Å². The Labute approximate surface area is 160 Å². The second-order valence-corrected chi connectivity index (χ2v) is 6.85. The van der Waals surface area contributed by atoms with Crippen LogP contribution in [0.25, 0.3) is 0 Å². The molecule has 5 rings (SSSR count). The van der Waals surface area contributed by atoms with Crippen molar-refractivity contribution in [3.63, 3.8) is 0 Å². The molecule has 26 heavy (non-hydrogen) atoms. The van der Waals surface area contributed by atoms with E-state index in [2.05, 4.69) is 27.2 Å². The molecule has 0 spiro atoms. The van der Waals surface area contributed by atoms with E-state index in [1.165, 1.54) is 31.6 Å². The van der Waals surface area contributed by atoms with Gasteiger partial charge in [-0.15, -0.1) is 12.4 Å². The zero-order valence-electron chi connectivity index (χ0n) is 14.7. The summed E-state index contributed by atoms with van der Waals surface area (Å²) in [4.78, 5) is 17.4.